The molecule has 0 fully saturated rings. The van der Waals surface area contributed by atoms with Gasteiger partial charge in [0.1, 0.15) is 0 Å². The number of fused-ring (bicyclic) bond motifs is 1. The summed E-state index contributed by atoms with van der Waals surface area (Å²) < 4.78 is 37.6. The maximum absolute atomic E-state index is 12.5. The predicted molar refractivity (Wildman–Crippen MR) is 49.6 cm³/mol. The highest BCUT2D eigenvalue weighted by Gasteiger charge is 2.33. The molecule has 0 unspecified atom stereocenters. The lowest BCUT2D eigenvalue weighted by Crippen LogP contribution is -2.11. The van der Waals surface area contributed by atoms with E-state index in [1.165, 1.54) is 18.3 Å². The molecule has 2 nitrogen and oxygen atoms in total. The maximum atomic E-state index is 12.5. The van der Waals surface area contributed by atoms with Crippen LogP contribution in [0.2, 0.25) is 0 Å². The number of halogens is 3. The average Bonchev–Trinajstić information content (AvgIpc) is 2.16. The molecule has 0 aliphatic carbocycles. The molecule has 0 spiro atoms. The van der Waals surface area contributed by atoms with Crippen LogP contribution in [0.1, 0.15) is 5.56 Å². The van der Waals surface area contributed by atoms with E-state index in [9.17, 15) is 18.0 Å². The minimum absolute atomic E-state index is 0.192. The smallest absolute Gasteiger partial charge is 0.361 e. The number of hydrogen-bond donors (Lipinski definition) is 1. The van der Waals surface area contributed by atoms with Gasteiger partial charge in [-0.1, -0.05) is 6.07 Å². The van der Waals surface area contributed by atoms with Crippen molar-refractivity contribution in [2.75, 3.05) is 0 Å². The summed E-state index contributed by atoms with van der Waals surface area (Å²) in [5.41, 5.74) is -1.34. The maximum Gasteiger partial charge on any atom is 0.417 e. The zero-order valence-electron chi connectivity index (χ0n) is 7.43. The number of aromatic amines is 1. The van der Waals surface area contributed by atoms with Crippen molar-refractivity contribution in [3.63, 3.8) is 0 Å². The largest absolute Gasteiger partial charge is 0.417 e. The van der Waals surface area contributed by atoms with E-state index in [4.69, 9.17) is 0 Å². The van der Waals surface area contributed by atoms with Crippen LogP contribution in [0, 0.1) is 0 Å². The van der Waals surface area contributed by atoms with Gasteiger partial charge >= 0.3 is 6.18 Å². The first-order valence-corrected chi connectivity index (χ1v) is 4.18. The lowest BCUT2D eigenvalue weighted by atomic mass is 10.1. The highest BCUT2D eigenvalue weighted by Crippen LogP contribution is 2.32. The van der Waals surface area contributed by atoms with Gasteiger partial charge in [0.05, 0.1) is 10.9 Å². The molecule has 2 aromatic rings. The Morgan fingerprint density at radius 1 is 1.13 bits per heavy atom. The summed E-state index contributed by atoms with van der Waals surface area (Å²) in [6.45, 7) is 0. The van der Waals surface area contributed by atoms with E-state index in [2.05, 4.69) is 4.98 Å². The summed E-state index contributed by atoms with van der Waals surface area (Å²) in [6.07, 6.45) is -3.18. The van der Waals surface area contributed by atoms with E-state index < -0.39 is 17.2 Å². The van der Waals surface area contributed by atoms with Gasteiger partial charge in [-0.05, 0) is 12.1 Å². The summed E-state index contributed by atoms with van der Waals surface area (Å²) in [7, 11) is 0. The Labute approximate surface area is 82.4 Å². The van der Waals surface area contributed by atoms with Crippen molar-refractivity contribution in [3.05, 3.63) is 46.2 Å². The Bertz CT molecular complexity index is 551. The number of H-pyrrole nitrogens is 1. The second-order valence-corrected chi connectivity index (χ2v) is 3.07. The van der Waals surface area contributed by atoms with Crippen LogP contribution in [0.5, 0.6) is 0 Å². The van der Waals surface area contributed by atoms with Crippen LogP contribution in [0.25, 0.3) is 10.9 Å². The first kappa shape index (κ1) is 9.76. The molecule has 0 radical (unpaired) electrons. The van der Waals surface area contributed by atoms with E-state index in [1.54, 1.807) is 0 Å². The molecule has 0 saturated carbocycles. The third kappa shape index (κ3) is 1.60. The molecule has 1 aromatic heterocycles. The fourth-order valence-corrected chi connectivity index (χ4v) is 1.46. The summed E-state index contributed by atoms with van der Waals surface area (Å²) >= 11 is 0. The van der Waals surface area contributed by atoms with Gasteiger partial charge in [0.15, 0.2) is 5.43 Å². The van der Waals surface area contributed by atoms with E-state index in [-0.39, 0.29) is 10.9 Å². The summed E-state index contributed by atoms with van der Waals surface area (Å²) in [5, 5.41) is -0.312. The van der Waals surface area contributed by atoms with Gasteiger partial charge in [-0.25, -0.2) is 0 Å². The normalized spacial score (nSPS) is 11.9. The molecule has 5 heteroatoms. The van der Waals surface area contributed by atoms with Crippen LogP contribution >= 0.6 is 0 Å². The number of aromatic nitrogens is 1. The standard InChI is InChI=1S/C10H6F3NO/c11-10(12,13)6-2-1-3-7-9(6)8(15)4-5-14-7/h1-5H,(H,14,15). The molecule has 0 aliphatic heterocycles. The van der Waals surface area contributed by atoms with Crippen LogP contribution in [0.3, 0.4) is 0 Å². The number of nitrogens with one attached hydrogen (secondary N) is 1. The van der Waals surface area contributed by atoms with Crippen LogP contribution in [0.15, 0.2) is 35.3 Å². The SMILES string of the molecule is O=c1cc[nH]c2cccc(C(F)(F)F)c12. The Balaban J connectivity index is 2.93. The molecule has 1 N–H and O–H groups in total. The van der Waals surface area contributed by atoms with Crippen LogP contribution < -0.4 is 5.43 Å². The number of pyridine rings is 1. The Morgan fingerprint density at radius 2 is 1.87 bits per heavy atom. The monoisotopic (exact) mass is 213 g/mol. The van der Waals surface area contributed by atoms with Gasteiger partial charge in [0.25, 0.3) is 0 Å². The van der Waals surface area contributed by atoms with Gasteiger partial charge in [-0.15, -0.1) is 0 Å². The Hall–Kier alpha value is -1.78. The molecule has 78 valence electrons. The molecule has 0 bridgehead atoms. The van der Waals surface area contributed by atoms with Gasteiger partial charge in [0, 0.05) is 17.8 Å². The summed E-state index contributed by atoms with van der Waals surface area (Å²) in [6, 6.07) is 4.68. The molecule has 15 heavy (non-hydrogen) atoms. The lowest BCUT2D eigenvalue weighted by molar-refractivity contribution is -0.136. The highest BCUT2D eigenvalue weighted by molar-refractivity contribution is 5.82. The fraction of sp³-hybridized carbons (Fsp3) is 0.100. The van der Waals surface area contributed by atoms with Gasteiger partial charge in [0.2, 0.25) is 0 Å². The van der Waals surface area contributed by atoms with Gasteiger partial charge in [-0.2, -0.15) is 13.2 Å². The minimum atomic E-state index is -4.51. The molecule has 0 aliphatic rings. The number of hydrogen-bond acceptors (Lipinski definition) is 1. The van der Waals surface area contributed by atoms with Crippen molar-refractivity contribution < 1.29 is 13.2 Å². The fourth-order valence-electron chi connectivity index (χ4n) is 1.46. The third-order valence-corrected chi connectivity index (χ3v) is 2.09. The highest BCUT2D eigenvalue weighted by atomic mass is 19.4. The molecule has 1 heterocycles. The molecule has 2 rings (SSSR count). The lowest BCUT2D eigenvalue weighted by Gasteiger charge is -2.08. The van der Waals surface area contributed by atoms with Crippen molar-refractivity contribution >= 4 is 10.9 Å². The average molecular weight is 213 g/mol. The van der Waals surface area contributed by atoms with Crippen LogP contribution in [-0.2, 0) is 6.18 Å². The zero-order chi connectivity index (χ0) is 11.1. The Kier molecular flexibility index (Phi) is 2.03. The number of benzene rings is 1. The van der Waals surface area contributed by atoms with Crippen molar-refractivity contribution in [1.29, 1.82) is 0 Å². The van der Waals surface area contributed by atoms with Crippen molar-refractivity contribution in [3.8, 4) is 0 Å². The minimum Gasteiger partial charge on any atom is -0.361 e. The second-order valence-electron chi connectivity index (χ2n) is 3.07. The van der Waals surface area contributed by atoms with Gasteiger partial charge < -0.3 is 4.98 Å². The molecule has 0 saturated heterocycles. The third-order valence-electron chi connectivity index (χ3n) is 2.09. The van der Waals surface area contributed by atoms with E-state index in [0.717, 1.165) is 12.1 Å². The Morgan fingerprint density at radius 3 is 2.53 bits per heavy atom. The van der Waals surface area contributed by atoms with E-state index in [0.29, 0.717) is 0 Å². The molecule has 0 atom stereocenters. The van der Waals surface area contributed by atoms with E-state index in [1.807, 2.05) is 0 Å². The van der Waals surface area contributed by atoms with Crippen molar-refractivity contribution in [1.82, 2.24) is 4.98 Å². The van der Waals surface area contributed by atoms with Crippen molar-refractivity contribution in [2.45, 2.75) is 6.18 Å². The molecule has 1 aromatic carbocycles. The van der Waals surface area contributed by atoms with Crippen LogP contribution in [0.4, 0.5) is 13.2 Å². The first-order chi connectivity index (χ1) is 7.00. The molecular weight excluding hydrogens is 207 g/mol. The number of alkyl halides is 3. The van der Waals surface area contributed by atoms with Crippen LogP contribution in [-0.4, -0.2) is 4.98 Å². The number of rotatable bonds is 0. The van der Waals surface area contributed by atoms with Crippen molar-refractivity contribution in [2.24, 2.45) is 0 Å². The van der Waals surface area contributed by atoms with E-state index >= 15 is 0 Å². The first-order valence-electron chi connectivity index (χ1n) is 4.18. The predicted octanol–water partition coefficient (Wildman–Crippen LogP) is 2.55. The summed E-state index contributed by atoms with van der Waals surface area (Å²) in [4.78, 5) is 13.9. The summed E-state index contributed by atoms with van der Waals surface area (Å²) in [5.74, 6) is 0. The second kappa shape index (κ2) is 3.12. The molecular formula is C10H6F3NO. The zero-order valence-corrected chi connectivity index (χ0v) is 7.43. The quantitative estimate of drug-likeness (QED) is 0.716. The molecule has 0 amide bonds. The van der Waals surface area contributed by atoms with Gasteiger partial charge in [-0.3, -0.25) is 4.79 Å². The topological polar surface area (TPSA) is 32.9 Å².